The Kier molecular flexibility index (Phi) is 6.26. The first kappa shape index (κ1) is 22.4. The predicted octanol–water partition coefficient (Wildman–Crippen LogP) is 2.65. The second kappa shape index (κ2) is 8.96. The van der Waals surface area contributed by atoms with Gasteiger partial charge in [-0.05, 0) is 31.0 Å². The van der Waals surface area contributed by atoms with Gasteiger partial charge in [0, 0.05) is 29.6 Å². The molecule has 1 atom stereocenters. The van der Waals surface area contributed by atoms with Crippen LogP contribution in [-0.2, 0) is 22.9 Å². The average molecular weight is 457 g/mol. The fourth-order valence-electron chi connectivity index (χ4n) is 4.14. The number of rotatable bonds is 7. The van der Waals surface area contributed by atoms with Crippen molar-refractivity contribution < 1.29 is 17.9 Å². The van der Waals surface area contributed by atoms with E-state index in [4.69, 9.17) is 9.47 Å². The lowest BCUT2D eigenvalue weighted by Gasteiger charge is -2.17. The minimum atomic E-state index is -2.99. The molecule has 1 saturated heterocycles. The van der Waals surface area contributed by atoms with Crippen LogP contribution in [0.1, 0.15) is 23.1 Å². The maximum absolute atomic E-state index is 13.5. The van der Waals surface area contributed by atoms with E-state index in [0.717, 1.165) is 22.0 Å². The van der Waals surface area contributed by atoms with Gasteiger partial charge in [0.15, 0.2) is 21.3 Å². The van der Waals surface area contributed by atoms with E-state index in [0.29, 0.717) is 36.6 Å². The first-order valence-electron chi connectivity index (χ1n) is 10.6. The molecule has 1 fully saturated rings. The van der Waals surface area contributed by atoms with E-state index < -0.39 is 9.84 Å². The lowest BCUT2D eigenvalue weighted by molar-refractivity contribution is 0.355. The summed E-state index contributed by atoms with van der Waals surface area (Å²) >= 11 is 0. The molecule has 0 saturated carbocycles. The third kappa shape index (κ3) is 4.66. The van der Waals surface area contributed by atoms with Gasteiger partial charge in [0.05, 0.1) is 37.8 Å². The van der Waals surface area contributed by atoms with Crippen LogP contribution in [0.5, 0.6) is 11.5 Å². The topological polar surface area (TPSA) is 86.6 Å². The number of fused-ring (bicyclic) bond motifs is 1. The zero-order valence-corrected chi connectivity index (χ0v) is 19.4. The quantitative estimate of drug-likeness (QED) is 0.588. The molecule has 2 heterocycles. The Labute approximate surface area is 187 Å². The first-order chi connectivity index (χ1) is 15.3. The molecule has 170 valence electrons. The van der Waals surface area contributed by atoms with E-state index in [-0.39, 0.29) is 23.1 Å². The van der Waals surface area contributed by atoms with E-state index in [1.54, 1.807) is 18.8 Å². The van der Waals surface area contributed by atoms with Crippen molar-refractivity contribution in [3.05, 3.63) is 69.5 Å². The Balaban J connectivity index is 1.77. The number of aromatic nitrogens is 1. The molecule has 0 unspecified atom stereocenters. The van der Waals surface area contributed by atoms with Gasteiger partial charge in [0.25, 0.3) is 5.56 Å². The number of hydrogen-bond acceptors (Lipinski definition) is 6. The number of hydrogen-bond donors (Lipinski definition) is 1. The molecule has 4 rings (SSSR count). The molecule has 0 radical (unpaired) electrons. The minimum absolute atomic E-state index is 0.112. The number of ether oxygens (including phenoxy) is 2. The number of aryl methyl sites for hydroxylation is 1. The summed E-state index contributed by atoms with van der Waals surface area (Å²) in [5.74, 6) is 1.45. The Bertz CT molecular complexity index is 1300. The van der Waals surface area contributed by atoms with Crippen molar-refractivity contribution >= 4 is 20.7 Å². The van der Waals surface area contributed by atoms with Gasteiger partial charge in [-0.1, -0.05) is 29.8 Å². The zero-order valence-electron chi connectivity index (χ0n) is 18.6. The van der Waals surface area contributed by atoms with Crippen molar-refractivity contribution in [1.29, 1.82) is 0 Å². The highest BCUT2D eigenvalue weighted by molar-refractivity contribution is 7.91. The van der Waals surface area contributed by atoms with Gasteiger partial charge >= 0.3 is 0 Å². The molecule has 0 aliphatic carbocycles. The molecule has 0 bridgehead atoms. The number of methoxy groups -OCH3 is 2. The standard InChI is InChI=1S/C24H28N2O5S/c1-16-4-6-17(7-5-16)14-26-21-12-23(31-3)22(30-2)11-18(21)10-19(24(26)27)13-25-20-8-9-32(28,29)15-20/h4-7,10-12,20,25H,8-9,13-15H2,1-3H3/t20-/m1/s1. The Morgan fingerprint density at radius 2 is 1.75 bits per heavy atom. The molecule has 8 heteroatoms. The van der Waals surface area contributed by atoms with Gasteiger partial charge in [-0.3, -0.25) is 4.79 Å². The van der Waals surface area contributed by atoms with Crippen molar-refractivity contribution in [3.63, 3.8) is 0 Å². The fraction of sp³-hybridized carbons (Fsp3) is 0.375. The Morgan fingerprint density at radius 1 is 1.06 bits per heavy atom. The highest BCUT2D eigenvalue weighted by Gasteiger charge is 2.27. The Hall–Kier alpha value is -2.84. The van der Waals surface area contributed by atoms with Crippen molar-refractivity contribution in [3.8, 4) is 11.5 Å². The van der Waals surface area contributed by atoms with Crippen LogP contribution in [0.25, 0.3) is 10.9 Å². The number of sulfone groups is 1. The van der Waals surface area contributed by atoms with Gasteiger partial charge in [0.1, 0.15) is 0 Å². The lowest BCUT2D eigenvalue weighted by atomic mass is 10.1. The van der Waals surface area contributed by atoms with Crippen LogP contribution >= 0.6 is 0 Å². The SMILES string of the molecule is COc1cc2cc(CN[C@@H]3CCS(=O)(=O)C3)c(=O)n(Cc3ccc(C)cc3)c2cc1OC. The molecular weight excluding hydrogens is 428 g/mol. The van der Waals surface area contributed by atoms with Gasteiger partial charge in [-0.25, -0.2) is 8.42 Å². The van der Waals surface area contributed by atoms with E-state index >= 15 is 0 Å². The maximum atomic E-state index is 13.5. The number of benzene rings is 2. The summed E-state index contributed by atoms with van der Waals surface area (Å²) in [6.45, 7) is 2.74. The lowest BCUT2D eigenvalue weighted by Crippen LogP contribution is -2.33. The minimum Gasteiger partial charge on any atom is -0.493 e. The van der Waals surface area contributed by atoms with E-state index in [9.17, 15) is 13.2 Å². The summed E-state index contributed by atoms with van der Waals surface area (Å²) in [6.07, 6.45) is 0.568. The largest absolute Gasteiger partial charge is 0.493 e. The van der Waals surface area contributed by atoms with Gasteiger partial charge in [-0.2, -0.15) is 0 Å². The van der Waals surface area contributed by atoms with Crippen LogP contribution in [0.3, 0.4) is 0 Å². The molecule has 7 nitrogen and oxygen atoms in total. The molecule has 1 N–H and O–H groups in total. The smallest absolute Gasteiger partial charge is 0.255 e. The van der Waals surface area contributed by atoms with Crippen molar-refractivity contribution in [2.75, 3.05) is 25.7 Å². The molecule has 3 aromatic rings. The summed E-state index contributed by atoms with van der Waals surface area (Å²) in [5, 5.41) is 4.11. The monoisotopic (exact) mass is 456 g/mol. The second-order valence-corrected chi connectivity index (χ2v) is 10.5. The van der Waals surface area contributed by atoms with Gasteiger partial charge < -0.3 is 19.4 Å². The highest BCUT2D eigenvalue weighted by Crippen LogP contribution is 2.32. The number of nitrogens with zero attached hydrogens (tertiary/aromatic N) is 1. The zero-order chi connectivity index (χ0) is 22.9. The molecular formula is C24H28N2O5S. The fourth-order valence-corrected chi connectivity index (χ4v) is 5.84. The molecule has 1 aliphatic rings. The summed E-state index contributed by atoms with van der Waals surface area (Å²) in [6, 6.07) is 13.5. The van der Waals surface area contributed by atoms with Crippen LogP contribution in [-0.4, -0.2) is 44.8 Å². The van der Waals surface area contributed by atoms with Gasteiger partial charge in [0.2, 0.25) is 0 Å². The van der Waals surface area contributed by atoms with E-state index in [2.05, 4.69) is 5.32 Å². The van der Waals surface area contributed by atoms with Crippen LogP contribution in [0.2, 0.25) is 0 Å². The molecule has 1 aromatic heterocycles. The van der Waals surface area contributed by atoms with Crippen molar-refractivity contribution in [2.24, 2.45) is 0 Å². The first-order valence-corrected chi connectivity index (χ1v) is 12.4. The predicted molar refractivity (Wildman–Crippen MR) is 125 cm³/mol. The molecule has 0 amide bonds. The third-order valence-corrected chi connectivity index (χ3v) is 7.72. The summed E-state index contributed by atoms with van der Waals surface area (Å²) in [4.78, 5) is 13.5. The normalized spacial score (nSPS) is 17.5. The summed E-state index contributed by atoms with van der Waals surface area (Å²) in [7, 11) is 0.158. The van der Waals surface area contributed by atoms with Crippen LogP contribution in [0.4, 0.5) is 0 Å². The third-order valence-electron chi connectivity index (χ3n) is 5.95. The maximum Gasteiger partial charge on any atom is 0.255 e. The average Bonchev–Trinajstić information content (AvgIpc) is 3.13. The molecule has 32 heavy (non-hydrogen) atoms. The van der Waals surface area contributed by atoms with E-state index in [1.165, 1.54) is 0 Å². The number of nitrogens with one attached hydrogen (secondary N) is 1. The van der Waals surface area contributed by atoms with Gasteiger partial charge in [-0.15, -0.1) is 0 Å². The summed E-state index contributed by atoms with van der Waals surface area (Å²) in [5.41, 5.74) is 3.39. The van der Waals surface area contributed by atoms with Crippen molar-refractivity contribution in [2.45, 2.75) is 32.5 Å². The van der Waals surface area contributed by atoms with Crippen LogP contribution in [0, 0.1) is 6.92 Å². The molecule has 1 aliphatic heterocycles. The van der Waals surface area contributed by atoms with Crippen LogP contribution in [0.15, 0.2) is 47.3 Å². The molecule has 0 spiro atoms. The highest BCUT2D eigenvalue weighted by atomic mass is 32.2. The summed E-state index contributed by atoms with van der Waals surface area (Å²) < 4.78 is 36.2. The number of pyridine rings is 1. The van der Waals surface area contributed by atoms with E-state index in [1.807, 2.05) is 49.4 Å². The van der Waals surface area contributed by atoms with Crippen LogP contribution < -0.4 is 20.3 Å². The Morgan fingerprint density at radius 3 is 2.38 bits per heavy atom. The molecule has 2 aromatic carbocycles. The second-order valence-electron chi connectivity index (χ2n) is 8.29. The van der Waals surface area contributed by atoms with Crippen molar-refractivity contribution in [1.82, 2.24) is 9.88 Å².